The normalized spacial score (nSPS) is 15.1. The fraction of sp³-hybridized carbons (Fsp3) is 0.250. The number of nitrogens with one attached hydrogen (secondary N) is 1. The van der Waals surface area contributed by atoms with Gasteiger partial charge < -0.3 is 14.6 Å². The van der Waals surface area contributed by atoms with E-state index in [-0.39, 0.29) is 11.8 Å². The van der Waals surface area contributed by atoms with E-state index in [0.29, 0.717) is 30.6 Å². The SMILES string of the molecule is O=C(C=Cc1ccco1)N1CCC(c2nccnc2Nc2ncccn2)CC1. The number of rotatable bonds is 5. The third-order valence-corrected chi connectivity index (χ3v) is 4.65. The fourth-order valence-electron chi connectivity index (χ4n) is 3.23. The Hall–Kier alpha value is -3.55. The van der Waals surface area contributed by atoms with E-state index in [4.69, 9.17) is 4.42 Å². The van der Waals surface area contributed by atoms with E-state index < -0.39 is 0 Å². The van der Waals surface area contributed by atoms with Crippen molar-refractivity contribution < 1.29 is 9.21 Å². The van der Waals surface area contributed by atoms with E-state index in [1.807, 2.05) is 11.0 Å². The number of aromatic nitrogens is 4. The molecule has 0 aromatic carbocycles. The van der Waals surface area contributed by atoms with Gasteiger partial charge in [0.25, 0.3) is 0 Å². The molecular formula is C20H20N6O2. The second kappa shape index (κ2) is 8.43. The van der Waals surface area contributed by atoms with E-state index in [1.54, 1.807) is 55.3 Å². The van der Waals surface area contributed by atoms with E-state index in [9.17, 15) is 4.79 Å². The van der Waals surface area contributed by atoms with Crippen LogP contribution in [0, 0.1) is 0 Å². The lowest BCUT2D eigenvalue weighted by atomic mass is 9.93. The van der Waals surface area contributed by atoms with Crippen molar-refractivity contribution in [2.75, 3.05) is 18.4 Å². The summed E-state index contributed by atoms with van der Waals surface area (Å²) in [5.74, 6) is 2.03. The zero-order chi connectivity index (χ0) is 19.2. The van der Waals surface area contributed by atoms with Crippen molar-refractivity contribution >= 4 is 23.7 Å². The van der Waals surface area contributed by atoms with Crippen LogP contribution in [-0.2, 0) is 4.79 Å². The molecule has 1 saturated heterocycles. The van der Waals surface area contributed by atoms with Crippen LogP contribution >= 0.6 is 0 Å². The Bertz CT molecular complexity index is 934. The number of carbonyl (C=O) groups excluding carboxylic acids is 1. The molecule has 0 bridgehead atoms. The standard InChI is InChI=1S/C20H20N6O2/c27-17(5-4-16-3-1-14-28-16)26-12-6-15(7-13-26)18-19(22-11-10-21-18)25-20-23-8-2-9-24-20/h1-5,8-11,14-15H,6-7,12-13H2,(H,22,23,24,25). The molecule has 0 spiro atoms. The molecule has 1 aliphatic rings. The average molecular weight is 376 g/mol. The minimum atomic E-state index is -0.00923. The number of anilines is 2. The van der Waals surface area contributed by atoms with Gasteiger partial charge in [0.05, 0.1) is 12.0 Å². The first-order valence-electron chi connectivity index (χ1n) is 9.15. The molecule has 1 fully saturated rings. The summed E-state index contributed by atoms with van der Waals surface area (Å²) in [4.78, 5) is 31.5. The highest BCUT2D eigenvalue weighted by Crippen LogP contribution is 2.31. The molecular weight excluding hydrogens is 356 g/mol. The smallest absolute Gasteiger partial charge is 0.246 e. The Kier molecular flexibility index (Phi) is 5.37. The van der Waals surface area contributed by atoms with E-state index in [0.717, 1.165) is 18.5 Å². The van der Waals surface area contributed by atoms with Gasteiger partial charge >= 0.3 is 0 Å². The molecule has 28 heavy (non-hydrogen) atoms. The number of hydrogen-bond acceptors (Lipinski definition) is 7. The van der Waals surface area contributed by atoms with Crippen molar-refractivity contribution in [1.29, 1.82) is 0 Å². The van der Waals surface area contributed by atoms with Crippen molar-refractivity contribution in [3.63, 3.8) is 0 Å². The van der Waals surface area contributed by atoms with Crippen molar-refractivity contribution in [1.82, 2.24) is 24.8 Å². The average Bonchev–Trinajstić information content (AvgIpc) is 3.27. The Morgan fingerprint density at radius 3 is 2.61 bits per heavy atom. The predicted molar refractivity (Wildman–Crippen MR) is 104 cm³/mol. The van der Waals surface area contributed by atoms with Crippen LogP contribution in [0.4, 0.5) is 11.8 Å². The second-order valence-corrected chi connectivity index (χ2v) is 6.44. The predicted octanol–water partition coefficient (Wildman–Crippen LogP) is 3.02. The Balaban J connectivity index is 1.39. The highest BCUT2D eigenvalue weighted by molar-refractivity contribution is 5.91. The van der Waals surface area contributed by atoms with Crippen molar-refractivity contribution in [3.8, 4) is 0 Å². The summed E-state index contributed by atoms with van der Waals surface area (Å²) in [5, 5.41) is 3.14. The van der Waals surface area contributed by atoms with Gasteiger partial charge in [-0.3, -0.25) is 9.78 Å². The molecule has 1 N–H and O–H groups in total. The zero-order valence-corrected chi connectivity index (χ0v) is 15.2. The molecule has 142 valence electrons. The van der Waals surface area contributed by atoms with Gasteiger partial charge in [0.2, 0.25) is 11.9 Å². The topological polar surface area (TPSA) is 97.0 Å². The monoisotopic (exact) mass is 376 g/mol. The van der Waals surface area contributed by atoms with Gasteiger partial charge in [0.1, 0.15) is 5.76 Å². The van der Waals surface area contributed by atoms with Gasteiger partial charge in [-0.25, -0.2) is 15.0 Å². The molecule has 3 aromatic rings. The largest absolute Gasteiger partial charge is 0.465 e. The van der Waals surface area contributed by atoms with E-state index in [1.165, 1.54) is 0 Å². The maximum Gasteiger partial charge on any atom is 0.246 e. The molecule has 0 radical (unpaired) electrons. The number of piperidine rings is 1. The minimum Gasteiger partial charge on any atom is -0.465 e. The van der Waals surface area contributed by atoms with Gasteiger partial charge in [-0.2, -0.15) is 0 Å². The highest BCUT2D eigenvalue weighted by atomic mass is 16.3. The number of amides is 1. The van der Waals surface area contributed by atoms with Crippen LogP contribution in [0.2, 0.25) is 0 Å². The molecule has 4 heterocycles. The lowest BCUT2D eigenvalue weighted by Crippen LogP contribution is -2.37. The number of likely N-dealkylation sites (tertiary alicyclic amines) is 1. The van der Waals surface area contributed by atoms with Crippen LogP contribution < -0.4 is 5.32 Å². The maximum atomic E-state index is 12.4. The molecule has 1 aliphatic heterocycles. The summed E-state index contributed by atoms with van der Waals surface area (Å²) in [6.45, 7) is 1.34. The molecule has 8 heteroatoms. The summed E-state index contributed by atoms with van der Waals surface area (Å²) >= 11 is 0. The van der Waals surface area contributed by atoms with Crippen LogP contribution in [-0.4, -0.2) is 43.8 Å². The van der Waals surface area contributed by atoms with Gasteiger partial charge in [-0.15, -0.1) is 0 Å². The third kappa shape index (κ3) is 4.22. The van der Waals surface area contributed by atoms with Gasteiger partial charge in [-0.1, -0.05) is 0 Å². The van der Waals surface area contributed by atoms with E-state index >= 15 is 0 Å². The molecule has 1 amide bonds. The van der Waals surface area contributed by atoms with Crippen molar-refractivity contribution in [2.24, 2.45) is 0 Å². The summed E-state index contributed by atoms with van der Waals surface area (Å²) in [6.07, 6.45) is 13.2. The third-order valence-electron chi connectivity index (χ3n) is 4.65. The lowest BCUT2D eigenvalue weighted by molar-refractivity contribution is -0.126. The molecule has 8 nitrogen and oxygen atoms in total. The highest BCUT2D eigenvalue weighted by Gasteiger charge is 2.26. The van der Waals surface area contributed by atoms with Crippen LogP contribution in [0.3, 0.4) is 0 Å². The Labute approximate surface area is 162 Å². The summed E-state index contributed by atoms with van der Waals surface area (Å²) < 4.78 is 5.22. The maximum absolute atomic E-state index is 12.4. The fourth-order valence-corrected chi connectivity index (χ4v) is 3.23. The van der Waals surface area contributed by atoms with Crippen LogP contribution in [0.1, 0.15) is 30.2 Å². The summed E-state index contributed by atoms with van der Waals surface area (Å²) in [7, 11) is 0. The van der Waals surface area contributed by atoms with Crippen LogP contribution in [0.25, 0.3) is 6.08 Å². The number of furan rings is 1. The van der Waals surface area contributed by atoms with Crippen molar-refractivity contribution in [2.45, 2.75) is 18.8 Å². The number of hydrogen-bond donors (Lipinski definition) is 1. The van der Waals surface area contributed by atoms with Gasteiger partial charge in [0.15, 0.2) is 5.82 Å². The van der Waals surface area contributed by atoms with Gasteiger partial charge in [0, 0.05) is 49.9 Å². The molecule has 4 rings (SSSR count). The zero-order valence-electron chi connectivity index (χ0n) is 15.2. The lowest BCUT2D eigenvalue weighted by Gasteiger charge is -2.31. The quantitative estimate of drug-likeness (QED) is 0.684. The van der Waals surface area contributed by atoms with Gasteiger partial charge in [-0.05, 0) is 37.1 Å². The molecule has 0 unspecified atom stereocenters. The first-order valence-corrected chi connectivity index (χ1v) is 9.15. The Morgan fingerprint density at radius 1 is 1.07 bits per heavy atom. The summed E-state index contributed by atoms with van der Waals surface area (Å²) in [6, 6.07) is 5.37. The Morgan fingerprint density at radius 2 is 1.86 bits per heavy atom. The molecule has 3 aromatic heterocycles. The second-order valence-electron chi connectivity index (χ2n) is 6.44. The first kappa shape index (κ1) is 17.8. The summed E-state index contributed by atoms with van der Waals surface area (Å²) in [5.41, 5.74) is 0.883. The molecule has 0 saturated carbocycles. The molecule has 0 aliphatic carbocycles. The first-order chi connectivity index (χ1) is 13.8. The number of nitrogens with zero attached hydrogens (tertiary/aromatic N) is 5. The van der Waals surface area contributed by atoms with Crippen LogP contribution in [0.15, 0.2) is 59.7 Å². The van der Waals surface area contributed by atoms with Crippen molar-refractivity contribution in [3.05, 3.63) is 66.8 Å². The van der Waals surface area contributed by atoms with E-state index in [2.05, 4.69) is 25.3 Å². The molecule has 0 atom stereocenters. The van der Waals surface area contributed by atoms with Crippen LogP contribution in [0.5, 0.6) is 0 Å². The number of carbonyl (C=O) groups is 1. The minimum absolute atomic E-state index is 0.00923.